The van der Waals surface area contributed by atoms with E-state index in [2.05, 4.69) is 20.6 Å². The van der Waals surface area contributed by atoms with Crippen molar-refractivity contribution in [2.75, 3.05) is 10.6 Å². The number of anilines is 2. The molecule has 2 unspecified atom stereocenters. The summed E-state index contributed by atoms with van der Waals surface area (Å²) < 4.78 is 5.38. The summed E-state index contributed by atoms with van der Waals surface area (Å²) in [5.74, 6) is 0.444. The van der Waals surface area contributed by atoms with Crippen molar-refractivity contribution in [2.45, 2.75) is 50.0 Å². The Bertz CT molecular complexity index is 955. The monoisotopic (exact) mass is 456 g/mol. The Labute approximate surface area is 191 Å². The van der Waals surface area contributed by atoms with Crippen molar-refractivity contribution in [3.63, 3.8) is 0 Å². The number of hydrogen-bond acceptors (Lipinski definition) is 6. The number of halogens is 1. The van der Waals surface area contributed by atoms with E-state index in [1.807, 2.05) is 18.2 Å². The predicted molar refractivity (Wildman–Crippen MR) is 120 cm³/mol. The van der Waals surface area contributed by atoms with Gasteiger partial charge in [0.1, 0.15) is 12.2 Å². The molecule has 0 bridgehead atoms. The number of benzene rings is 1. The molecule has 1 aromatic carbocycles. The maximum Gasteiger partial charge on any atom is 0.404 e. The number of amides is 3. The van der Waals surface area contributed by atoms with E-state index in [0.29, 0.717) is 12.1 Å². The third-order valence-corrected chi connectivity index (χ3v) is 5.78. The predicted octanol–water partition coefficient (Wildman–Crippen LogP) is 4.19. The van der Waals surface area contributed by atoms with Crippen LogP contribution in [0.1, 0.15) is 43.4 Å². The van der Waals surface area contributed by atoms with E-state index in [9.17, 15) is 9.59 Å². The molecule has 3 amide bonds. The summed E-state index contributed by atoms with van der Waals surface area (Å²) in [4.78, 5) is 31.3. The Morgan fingerprint density at radius 2 is 1.88 bits per heavy atom. The zero-order chi connectivity index (χ0) is 22.9. The Hall–Kier alpha value is -3.38. The number of hydrogen-bond donors (Lipinski definition) is 3. The van der Waals surface area contributed by atoms with Crippen LogP contribution in [0.15, 0.2) is 36.7 Å². The lowest BCUT2D eigenvalue weighted by atomic mass is 9.83. The third kappa shape index (κ3) is 6.82. The molecule has 1 aliphatic rings. The standard InChI is InChI=1S/C22H25ClN6O3/c23-18(20(32-21(25)30)15-4-2-1-3-5-15)10-14-6-8-16(9-7-14)28-22(31)29-19-13-26-17(11-24)12-27-19/h6-9,12-13,15,18,20H,1-5,10H2,(H2,25,30)(H2,27,28,29,31). The molecule has 2 aromatic rings. The van der Waals surface area contributed by atoms with Crippen LogP contribution in [0.4, 0.5) is 21.1 Å². The molecular weight excluding hydrogens is 432 g/mol. The number of nitrogens with two attached hydrogens (primary N) is 1. The van der Waals surface area contributed by atoms with Crippen molar-refractivity contribution < 1.29 is 14.3 Å². The molecule has 1 heterocycles. The molecule has 4 N–H and O–H groups in total. The van der Waals surface area contributed by atoms with E-state index in [1.54, 1.807) is 12.1 Å². The summed E-state index contributed by atoms with van der Waals surface area (Å²) in [6.45, 7) is 0. The van der Waals surface area contributed by atoms with Crippen LogP contribution < -0.4 is 16.4 Å². The van der Waals surface area contributed by atoms with E-state index in [4.69, 9.17) is 27.3 Å². The van der Waals surface area contributed by atoms with Crippen LogP contribution in [0.25, 0.3) is 0 Å². The first-order valence-corrected chi connectivity index (χ1v) is 10.9. The number of nitriles is 1. The molecule has 0 aliphatic heterocycles. The second-order valence-corrected chi connectivity index (χ2v) is 8.26. The molecule has 10 heteroatoms. The van der Waals surface area contributed by atoms with E-state index in [-0.39, 0.29) is 17.4 Å². The second kappa shape index (κ2) is 11.3. The van der Waals surface area contributed by atoms with Gasteiger partial charge in [-0.25, -0.2) is 19.6 Å². The Morgan fingerprint density at radius 3 is 2.47 bits per heavy atom. The maximum atomic E-state index is 12.1. The average molecular weight is 457 g/mol. The molecule has 0 spiro atoms. The fourth-order valence-corrected chi connectivity index (χ4v) is 4.29. The second-order valence-electron chi connectivity index (χ2n) is 7.69. The first kappa shape index (κ1) is 23.3. The molecule has 32 heavy (non-hydrogen) atoms. The van der Waals surface area contributed by atoms with Gasteiger partial charge in [0, 0.05) is 5.69 Å². The fraction of sp³-hybridized carbons (Fsp3) is 0.409. The highest BCUT2D eigenvalue weighted by Gasteiger charge is 2.32. The highest BCUT2D eigenvalue weighted by Crippen LogP contribution is 2.32. The third-order valence-electron chi connectivity index (χ3n) is 5.37. The molecule has 168 valence electrons. The first-order valence-electron chi connectivity index (χ1n) is 10.4. The van der Waals surface area contributed by atoms with Gasteiger partial charge >= 0.3 is 12.1 Å². The van der Waals surface area contributed by atoms with Crippen LogP contribution in [0.5, 0.6) is 0 Å². The van der Waals surface area contributed by atoms with Gasteiger partial charge in [-0.05, 0) is 42.9 Å². The summed E-state index contributed by atoms with van der Waals surface area (Å²) in [7, 11) is 0. The maximum absolute atomic E-state index is 12.1. The van der Waals surface area contributed by atoms with Crippen molar-refractivity contribution in [3.8, 4) is 6.07 Å². The van der Waals surface area contributed by atoms with Gasteiger partial charge in [0.25, 0.3) is 0 Å². The molecule has 9 nitrogen and oxygen atoms in total. The van der Waals surface area contributed by atoms with Crippen LogP contribution in [0.3, 0.4) is 0 Å². The lowest BCUT2D eigenvalue weighted by Crippen LogP contribution is -2.38. The molecule has 3 rings (SSSR count). The summed E-state index contributed by atoms with van der Waals surface area (Å²) >= 11 is 6.65. The van der Waals surface area contributed by atoms with Gasteiger partial charge in [0.15, 0.2) is 11.5 Å². The van der Waals surface area contributed by atoms with Crippen molar-refractivity contribution in [1.29, 1.82) is 5.26 Å². The van der Waals surface area contributed by atoms with Crippen LogP contribution in [-0.4, -0.2) is 33.6 Å². The number of carbonyl (C=O) groups is 2. The van der Waals surface area contributed by atoms with Gasteiger partial charge in [-0.2, -0.15) is 5.26 Å². The van der Waals surface area contributed by atoms with Crippen molar-refractivity contribution in [3.05, 3.63) is 47.9 Å². The number of aromatic nitrogens is 2. The topological polar surface area (TPSA) is 143 Å². The summed E-state index contributed by atoms with van der Waals surface area (Å²) in [6, 6.07) is 8.60. The van der Waals surface area contributed by atoms with Gasteiger partial charge in [-0.1, -0.05) is 31.4 Å². The minimum Gasteiger partial charge on any atom is -0.445 e. The smallest absolute Gasteiger partial charge is 0.404 e. The Balaban J connectivity index is 1.55. The van der Waals surface area contributed by atoms with Crippen LogP contribution in [0.2, 0.25) is 0 Å². The van der Waals surface area contributed by atoms with Crippen LogP contribution in [-0.2, 0) is 11.2 Å². The quantitative estimate of drug-likeness (QED) is 0.533. The minimum absolute atomic E-state index is 0.163. The summed E-state index contributed by atoms with van der Waals surface area (Å²) in [6.07, 6.45) is 7.19. The van der Waals surface area contributed by atoms with E-state index >= 15 is 0 Å². The van der Waals surface area contributed by atoms with Crippen molar-refractivity contribution in [2.24, 2.45) is 11.7 Å². The Morgan fingerprint density at radius 1 is 1.16 bits per heavy atom. The van der Waals surface area contributed by atoms with E-state index < -0.39 is 23.6 Å². The van der Waals surface area contributed by atoms with Gasteiger partial charge in [0.2, 0.25) is 0 Å². The number of carbonyl (C=O) groups excluding carboxylic acids is 2. The highest BCUT2D eigenvalue weighted by molar-refractivity contribution is 6.21. The molecule has 0 saturated heterocycles. The molecule has 1 fully saturated rings. The number of primary amides is 1. The number of nitrogens with zero attached hydrogens (tertiary/aromatic N) is 3. The van der Waals surface area contributed by atoms with Gasteiger partial charge in [-0.3, -0.25) is 5.32 Å². The Kier molecular flexibility index (Phi) is 8.22. The van der Waals surface area contributed by atoms with Gasteiger partial charge in [0.05, 0.1) is 17.8 Å². The van der Waals surface area contributed by atoms with E-state index in [0.717, 1.165) is 31.2 Å². The van der Waals surface area contributed by atoms with Gasteiger partial charge < -0.3 is 15.8 Å². The lowest BCUT2D eigenvalue weighted by Gasteiger charge is -2.32. The highest BCUT2D eigenvalue weighted by atomic mass is 35.5. The number of rotatable bonds is 7. The zero-order valence-corrected chi connectivity index (χ0v) is 18.2. The summed E-state index contributed by atoms with van der Waals surface area (Å²) in [5.41, 5.74) is 6.97. The van der Waals surface area contributed by atoms with Crippen LogP contribution >= 0.6 is 11.6 Å². The molecule has 1 aromatic heterocycles. The normalized spacial score (nSPS) is 15.8. The average Bonchev–Trinajstić information content (AvgIpc) is 2.79. The van der Waals surface area contributed by atoms with Crippen LogP contribution in [0, 0.1) is 17.2 Å². The first-order chi connectivity index (χ1) is 15.4. The lowest BCUT2D eigenvalue weighted by molar-refractivity contribution is 0.0513. The molecule has 2 atom stereocenters. The van der Waals surface area contributed by atoms with E-state index in [1.165, 1.54) is 18.8 Å². The fourth-order valence-electron chi connectivity index (χ4n) is 3.86. The SMILES string of the molecule is N#Cc1cnc(NC(=O)Nc2ccc(CC(Cl)C(OC(N)=O)C3CCCCC3)cc2)cn1. The molecular formula is C22H25ClN6O3. The number of nitrogens with one attached hydrogen (secondary N) is 2. The zero-order valence-electron chi connectivity index (χ0n) is 17.5. The largest absolute Gasteiger partial charge is 0.445 e. The molecule has 1 aliphatic carbocycles. The number of alkyl halides is 1. The van der Waals surface area contributed by atoms with Crippen molar-refractivity contribution in [1.82, 2.24) is 9.97 Å². The minimum atomic E-state index is -0.802. The number of ether oxygens (including phenoxy) is 1. The van der Waals surface area contributed by atoms with Crippen molar-refractivity contribution >= 4 is 35.2 Å². The van der Waals surface area contributed by atoms with Gasteiger partial charge in [-0.15, -0.1) is 11.6 Å². The molecule has 1 saturated carbocycles. The molecule has 0 radical (unpaired) electrons. The summed E-state index contributed by atoms with van der Waals surface area (Å²) in [5, 5.41) is 13.6. The number of urea groups is 1.